The third kappa shape index (κ3) is 2.12. The molecule has 1 heterocycles. The van der Waals surface area contributed by atoms with E-state index in [4.69, 9.17) is 0 Å². The van der Waals surface area contributed by atoms with E-state index in [1.54, 1.807) is 0 Å². The molecule has 1 N–H and O–H groups in total. The molecule has 0 bridgehead atoms. The highest BCUT2D eigenvalue weighted by atomic mass is 32.2. The zero-order valence-electron chi connectivity index (χ0n) is 8.73. The van der Waals surface area contributed by atoms with E-state index in [9.17, 15) is 0 Å². The molecule has 1 fully saturated rings. The molecule has 2 rings (SSSR count). The summed E-state index contributed by atoms with van der Waals surface area (Å²) < 4.78 is 0. The zero-order valence-corrected chi connectivity index (χ0v) is 9.55. The minimum absolute atomic E-state index is 0.590. The Morgan fingerprint density at radius 2 is 2.07 bits per heavy atom. The van der Waals surface area contributed by atoms with Crippen LogP contribution in [-0.4, -0.2) is 17.2 Å². The summed E-state index contributed by atoms with van der Waals surface area (Å²) in [5, 5.41) is 4.21. The van der Waals surface area contributed by atoms with Crippen LogP contribution in [0.2, 0.25) is 0 Å². The second-order valence-electron chi connectivity index (χ2n) is 4.02. The van der Waals surface area contributed by atoms with Crippen LogP contribution >= 0.6 is 11.8 Å². The van der Waals surface area contributed by atoms with Gasteiger partial charge in [-0.25, -0.2) is 0 Å². The Labute approximate surface area is 90.3 Å². The van der Waals surface area contributed by atoms with Crippen molar-refractivity contribution < 1.29 is 0 Å². The lowest BCUT2D eigenvalue weighted by atomic mass is 10.0. The van der Waals surface area contributed by atoms with Crippen molar-refractivity contribution >= 4 is 11.8 Å². The van der Waals surface area contributed by atoms with Crippen molar-refractivity contribution in [3.8, 4) is 0 Å². The first-order valence-corrected chi connectivity index (χ1v) is 6.25. The molecule has 1 saturated heterocycles. The summed E-state index contributed by atoms with van der Waals surface area (Å²) >= 11 is 2.04. The van der Waals surface area contributed by atoms with E-state index in [1.165, 1.54) is 11.3 Å². The number of thioether (sulfide) groups is 1. The monoisotopic (exact) mass is 207 g/mol. The number of nitrogens with one attached hydrogen (secondary N) is 1. The van der Waals surface area contributed by atoms with Crippen LogP contribution in [0, 0.1) is 0 Å². The molecule has 1 nitrogen and oxygen atoms in total. The van der Waals surface area contributed by atoms with Crippen molar-refractivity contribution in [1.82, 2.24) is 5.32 Å². The van der Waals surface area contributed by atoms with E-state index >= 15 is 0 Å². The lowest BCUT2D eigenvalue weighted by molar-refractivity contribution is 0.548. The highest BCUT2D eigenvalue weighted by molar-refractivity contribution is 8.00. The van der Waals surface area contributed by atoms with Crippen molar-refractivity contribution in [2.24, 2.45) is 0 Å². The van der Waals surface area contributed by atoms with Crippen LogP contribution in [0.5, 0.6) is 0 Å². The van der Waals surface area contributed by atoms with E-state index in [0.29, 0.717) is 17.3 Å². The Morgan fingerprint density at radius 1 is 1.36 bits per heavy atom. The predicted molar refractivity (Wildman–Crippen MR) is 63.7 cm³/mol. The van der Waals surface area contributed by atoms with Gasteiger partial charge in [0, 0.05) is 17.7 Å². The molecule has 0 saturated carbocycles. The van der Waals surface area contributed by atoms with Gasteiger partial charge in [-0.1, -0.05) is 37.3 Å². The van der Waals surface area contributed by atoms with E-state index in [0.717, 1.165) is 0 Å². The van der Waals surface area contributed by atoms with Crippen LogP contribution in [0.3, 0.4) is 0 Å². The van der Waals surface area contributed by atoms with Crippen LogP contribution < -0.4 is 5.32 Å². The fourth-order valence-corrected chi connectivity index (χ4v) is 3.21. The summed E-state index contributed by atoms with van der Waals surface area (Å²) in [6, 6.07) is 11.4. The fraction of sp³-hybridized carbons (Fsp3) is 0.500. The Bertz CT molecular complexity index is 286. The second-order valence-corrected chi connectivity index (χ2v) is 5.20. The maximum Gasteiger partial charge on any atom is 0.0601 e. The van der Waals surface area contributed by atoms with E-state index in [2.05, 4.69) is 49.5 Å². The maximum absolute atomic E-state index is 3.62. The largest absolute Gasteiger partial charge is 0.301 e. The molecule has 2 heteroatoms. The molecule has 1 aromatic rings. The predicted octanol–water partition coefficient (Wildman–Crippen LogP) is 2.84. The first-order valence-electron chi connectivity index (χ1n) is 5.20. The molecular formula is C12H17NS. The Hall–Kier alpha value is -0.470. The summed E-state index contributed by atoms with van der Waals surface area (Å²) in [6.07, 6.45) is 0. The van der Waals surface area contributed by atoms with Gasteiger partial charge in [-0.3, -0.25) is 0 Å². The first kappa shape index (κ1) is 10.1. The van der Waals surface area contributed by atoms with Crippen LogP contribution in [0.15, 0.2) is 30.3 Å². The van der Waals surface area contributed by atoms with Crippen molar-refractivity contribution in [3.05, 3.63) is 35.9 Å². The summed E-state index contributed by atoms with van der Waals surface area (Å²) in [4.78, 5) is 0. The van der Waals surface area contributed by atoms with Gasteiger partial charge in [0.2, 0.25) is 0 Å². The Balaban J connectivity index is 2.05. The molecule has 0 amide bonds. The van der Waals surface area contributed by atoms with E-state index < -0.39 is 0 Å². The highest BCUT2D eigenvalue weighted by Gasteiger charge is 2.26. The topological polar surface area (TPSA) is 12.0 Å². The average Bonchev–Trinajstić information content (AvgIpc) is 2.65. The van der Waals surface area contributed by atoms with E-state index in [1.807, 2.05) is 11.8 Å². The van der Waals surface area contributed by atoms with Gasteiger partial charge in [0.25, 0.3) is 0 Å². The van der Waals surface area contributed by atoms with Crippen molar-refractivity contribution in [1.29, 1.82) is 0 Å². The maximum atomic E-state index is 3.62. The minimum Gasteiger partial charge on any atom is -0.301 e. The summed E-state index contributed by atoms with van der Waals surface area (Å²) in [7, 11) is 0. The molecule has 0 radical (unpaired) electrons. The fourth-order valence-electron chi connectivity index (χ4n) is 1.84. The number of hydrogen-bond donors (Lipinski definition) is 1. The summed E-state index contributed by atoms with van der Waals surface area (Å²) in [5.41, 5.74) is 1.44. The Kier molecular flexibility index (Phi) is 3.14. The van der Waals surface area contributed by atoms with Crippen molar-refractivity contribution in [2.75, 3.05) is 5.75 Å². The van der Waals surface area contributed by atoms with Crippen LogP contribution in [-0.2, 0) is 0 Å². The Morgan fingerprint density at radius 3 is 2.64 bits per heavy atom. The minimum atomic E-state index is 0.590. The molecule has 0 spiro atoms. The zero-order chi connectivity index (χ0) is 9.97. The summed E-state index contributed by atoms with van der Waals surface area (Å²) in [6.45, 7) is 4.56. The highest BCUT2D eigenvalue weighted by Crippen LogP contribution is 2.31. The molecule has 0 aromatic heterocycles. The van der Waals surface area contributed by atoms with Crippen LogP contribution in [0.4, 0.5) is 0 Å². The van der Waals surface area contributed by atoms with Gasteiger partial charge in [0.05, 0.1) is 5.37 Å². The van der Waals surface area contributed by atoms with Crippen LogP contribution in [0.25, 0.3) is 0 Å². The number of hydrogen-bond acceptors (Lipinski definition) is 2. The molecule has 3 unspecified atom stereocenters. The number of rotatable bonds is 2. The molecule has 1 aromatic carbocycles. The SMILES string of the molecule is CC1CSC(C(C)c2ccccc2)N1. The van der Waals surface area contributed by atoms with Crippen molar-refractivity contribution in [3.63, 3.8) is 0 Å². The standard InChI is InChI=1S/C12H17NS/c1-9-8-14-12(13-9)10(2)11-6-4-3-5-7-11/h3-7,9-10,12-13H,8H2,1-2H3. The first-order chi connectivity index (χ1) is 6.77. The van der Waals surface area contributed by atoms with Gasteiger partial charge in [0.1, 0.15) is 0 Å². The van der Waals surface area contributed by atoms with Crippen LogP contribution in [0.1, 0.15) is 25.3 Å². The number of benzene rings is 1. The third-order valence-corrected chi connectivity index (χ3v) is 4.35. The second kappa shape index (κ2) is 4.37. The summed E-state index contributed by atoms with van der Waals surface area (Å²) in [5.74, 6) is 1.84. The molecule has 1 aliphatic rings. The molecule has 3 atom stereocenters. The van der Waals surface area contributed by atoms with Gasteiger partial charge < -0.3 is 5.32 Å². The van der Waals surface area contributed by atoms with Gasteiger partial charge in [-0.05, 0) is 12.5 Å². The smallest absolute Gasteiger partial charge is 0.0601 e. The van der Waals surface area contributed by atoms with Gasteiger partial charge >= 0.3 is 0 Å². The lowest BCUT2D eigenvalue weighted by Gasteiger charge is -2.19. The lowest BCUT2D eigenvalue weighted by Crippen LogP contribution is -2.30. The molecular weight excluding hydrogens is 190 g/mol. The average molecular weight is 207 g/mol. The molecule has 14 heavy (non-hydrogen) atoms. The quantitative estimate of drug-likeness (QED) is 0.800. The molecule has 1 aliphatic heterocycles. The third-order valence-electron chi connectivity index (χ3n) is 2.75. The molecule has 76 valence electrons. The van der Waals surface area contributed by atoms with Gasteiger partial charge in [-0.2, -0.15) is 0 Å². The van der Waals surface area contributed by atoms with Crippen molar-refractivity contribution in [2.45, 2.75) is 31.2 Å². The van der Waals surface area contributed by atoms with E-state index in [-0.39, 0.29) is 0 Å². The van der Waals surface area contributed by atoms with Gasteiger partial charge in [-0.15, -0.1) is 11.8 Å². The normalized spacial score (nSPS) is 29.0. The molecule has 0 aliphatic carbocycles. The van der Waals surface area contributed by atoms with Gasteiger partial charge in [0.15, 0.2) is 0 Å².